The molecule has 1 aliphatic rings. The Balaban J connectivity index is 3.04. The number of hydrogen-bond acceptors (Lipinski definition) is 13. The van der Waals surface area contributed by atoms with E-state index in [1.807, 2.05) is 55.4 Å². The van der Waals surface area contributed by atoms with Crippen molar-refractivity contribution >= 4 is 76.6 Å². The summed E-state index contributed by atoms with van der Waals surface area (Å²) >= 11 is 0. The Morgan fingerprint density at radius 1 is 0.567 bits per heavy atom. The maximum atomic E-state index is 15.4. The number of rotatable bonds is 22. The summed E-state index contributed by atoms with van der Waals surface area (Å²) in [5, 5.41) is 25.9. The van der Waals surface area contributed by atoms with E-state index in [2.05, 4.69) is 31.4 Å². The van der Waals surface area contributed by atoms with Crippen LogP contribution in [0.4, 0.5) is 13.2 Å². The first kappa shape index (κ1) is 91.8. The van der Waals surface area contributed by atoms with Crippen LogP contribution in [0.5, 0.6) is 0 Å². The van der Waals surface area contributed by atoms with Crippen LogP contribution < -0.4 is 26.6 Å². The highest BCUT2D eigenvalue weighted by Gasteiger charge is 2.48. The van der Waals surface area contributed by atoms with Crippen molar-refractivity contribution in [2.24, 2.45) is 41.4 Å². The number of carbonyl (C=O) groups is 12. The van der Waals surface area contributed by atoms with Gasteiger partial charge in [-0.05, 0) is 137 Å². The van der Waals surface area contributed by atoms with Gasteiger partial charge in [0.2, 0.25) is 65.0 Å². The number of aliphatic hydroxyl groups is 1. The van der Waals surface area contributed by atoms with Crippen LogP contribution in [-0.2, 0) is 52.7 Å². The van der Waals surface area contributed by atoms with Crippen molar-refractivity contribution in [1.29, 1.82) is 0 Å². The maximum Gasteiger partial charge on any atom is 0.495 e. The monoisotopic (exact) mass is 1470 g/mol. The van der Waals surface area contributed by atoms with Gasteiger partial charge < -0.3 is 71.5 Å². The molecule has 0 saturated carbocycles. The van der Waals surface area contributed by atoms with Crippen LogP contribution in [0.15, 0.2) is 36.4 Å². The molecule has 27 nitrogen and oxygen atoms in total. The van der Waals surface area contributed by atoms with E-state index in [1.165, 1.54) is 80.8 Å². The van der Waals surface area contributed by atoms with E-state index in [-0.39, 0.29) is 93.6 Å². The molecule has 0 spiro atoms. The summed E-state index contributed by atoms with van der Waals surface area (Å²) in [6.07, 6.45) is -2.35. The number of unbranched alkanes of at least 4 members (excludes halogenated alkanes) is 1. The minimum atomic E-state index is -4.98. The summed E-state index contributed by atoms with van der Waals surface area (Å²) in [6, 6.07) is -9.30. The summed E-state index contributed by atoms with van der Waals surface area (Å²) in [6.45, 7) is 27.2. The molecule has 0 aromatic heterocycles. The number of allylic oxidation sites excluding steroid dienone is 2. The van der Waals surface area contributed by atoms with E-state index in [0.29, 0.717) is 0 Å². The molecule has 0 bridgehead atoms. The average Bonchev–Trinajstić information content (AvgIpc) is 0.800. The number of amides is 12. The summed E-state index contributed by atoms with van der Waals surface area (Å²) in [7, 11) is 9.61. The first-order valence-electron chi connectivity index (χ1n) is 36.3. The van der Waals surface area contributed by atoms with Crippen molar-refractivity contribution in [1.82, 2.24) is 60.9 Å². The van der Waals surface area contributed by atoms with E-state index in [1.54, 1.807) is 60.6 Å². The van der Waals surface area contributed by atoms with Crippen molar-refractivity contribution in [2.75, 3.05) is 62.4 Å². The Kier molecular flexibility index (Phi) is 37.1. The zero-order valence-corrected chi connectivity index (χ0v) is 65.6. The lowest BCUT2D eigenvalue weighted by atomic mass is 9.91. The Morgan fingerprint density at radius 3 is 1.49 bits per heavy atom. The number of nitrogens with zero attached hydrogens (tertiary/aromatic N) is 9. The summed E-state index contributed by atoms with van der Waals surface area (Å²) in [4.78, 5) is 188. The number of hydrogen-bond donors (Lipinski definition) is 6. The molecule has 2 rings (SSSR count). The minimum Gasteiger partial charge on any atom is -0.390 e. The van der Waals surface area contributed by atoms with Crippen LogP contribution in [-0.4, -0.2) is 256 Å². The lowest BCUT2D eigenvalue weighted by molar-refractivity contribution is -0.157. The smallest absolute Gasteiger partial charge is 0.390 e. The van der Waals surface area contributed by atoms with Gasteiger partial charge in [0.05, 0.1) is 18.2 Å². The van der Waals surface area contributed by atoms with Crippen molar-refractivity contribution in [2.45, 2.75) is 241 Å². The lowest BCUT2D eigenvalue weighted by Crippen LogP contribution is -2.63. The second kappa shape index (κ2) is 42.0. The molecule has 6 N–H and O–H groups in total. The first-order valence-corrected chi connectivity index (χ1v) is 36.3. The molecule has 104 heavy (non-hydrogen) atoms. The highest BCUT2D eigenvalue weighted by Crippen LogP contribution is 2.27. The van der Waals surface area contributed by atoms with Gasteiger partial charge in [-0.25, -0.2) is 0 Å². The van der Waals surface area contributed by atoms with E-state index < -0.39 is 179 Å². The molecule has 1 fully saturated rings. The van der Waals surface area contributed by atoms with Crippen LogP contribution in [0.25, 0.3) is 5.53 Å². The van der Waals surface area contributed by atoms with E-state index in [0.717, 1.165) is 34.1 Å². The molecule has 0 radical (unpaired) electrons. The van der Waals surface area contributed by atoms with Crippen LogP contribution in [0.3, 0.4) is 0 Å². The van der Waals surface area contributed by atoms with Crippen molar-refractivity contribution in [3.8, 4) is 0 Å². The highest BCUT2D eigenvalue weighted by molar-refractivity contribution is 6.03. The number of aliphatic hydroxyl groups excluding tert-OH is 1. The Labute approximate surface area is 613 Å². The molecule has 1 saturated heterocycles. The van der Waals surface area contributed by atoms with Crippen molar-refractivity contribution < 1.29 is 80.6 Å². The maximum absolute atomic E-state index is 15.4. The summed E-state index contributed by atoms with van der Waals surface area (Å²) < 4.78 is 40.3. The molecule has 1 aliphatic heterocycles. The second-order valence-electron chi connectivity index (χ2n) is 30.2. The molecule has 12 unspecified atom stereocenters. The fourth-order valence-electron chi connectivity index (χ4n) is 12.6. The molecule has 12 amide bonds. The molecule has 12 atom stereocenters. The molecule has 1 heterocycles. The van der Waals surface area contributed by atoms with Gasteiger partial charge in [0.25, 0.3) is 5.91 Å². The largest absolute Gasteiger partial charge is 0.495 e. The topological polar surface area (TPSA) is 344 Å². The van der Waals surface area contributed by atoms with E-state index in [4.69, 9.17) is 5.53 Å². The minimum absolute atomic E-state index is 0.0195. The van der Waals surface area contributed by atoms with Crippen LogP contribution in [0, 0.1) is 41.4 Å². The summed E-state index contributed by atoms with van der Waals surface area (Å²) in [5.74, 6) is -11.8. The van der Waals surface area contributed by atoms with E-state index in [9.17, 15) is 56.6 Å². The number of halogens is 3. The molecule has 1 aromatic rings. The van der Waals surface area contributed by atoms with Gasteiger partial charge in [-0.15, -0.1) is 0 Å². The standard InChI is InChI=1S/C74H121F3N14O13/c1-24-26-29-47(15)61(93)60-67(98)81-51(25-2)68(99)85(17)40-57(92)86(18)53(36-41(3)4)66(97)83-58(45(11)12)72(103)87(19)54(37-42(5)6)65(96)80-48(16)63(94)82-52(30-27-28-35-79-64(95)50-33-31-49(32-34-50)62(84-78)74(75,76)77)69(100)88(20)55(38-43(7)8)70(101)89(21)56(39-44(9)10)71(102)90(22)59(46(13)14)73(104)91(60)23/h24,26,31-34,41-48,51-56,58-61,93H,25,27-30,35-40H2,1-23H3,(H,79,95)(H,80,96)(H,81,98)(H,82,94)(H,83,97)/b26-24+. The van der Waals surface area contributed by atoms with Gasteiger partial charge in [-0.2, -0.15) is 18.0 Å². The zero-order valence-electron chi connectivity index (χ0n) is 65.6. The summed E-state index contributed by atoms with van der Waals surface area (Å²) in [5.41, 5.74) is 6.95. The van der Waals surface area contributed by atoms with Gasteiger partial charge in [0.15, 0.2) is 0 Å². The Morgan fingerprint density at radius 2 is 1.02 bits per heavy atom. The van der Waals surface area contributed by atoms with Gasteiger partial charge in [0, 0.05) is 61.4 Å². The first-order chi connectivity index (χ1) is 48.2. The predicted octanol–water partition coefficient (Wildman–Crippen LogP) is 5.43. The molecule has 0 aliphatic carbocycles. The Hall–Kier alpha value is -8.27. The SMILES string of the molecule is C/C=C/CC(C)C(O)C1C(=O)NC(CC)C(=O)N(C)CC(=O)N(C)C(CC(C)C)C(=O)NC(C(C)C)C(=O)N(C)C(CC(C)C)C(=O)NC(C)C(=O)NC(CCCCNC(=O)c2ccc(C(=[N+]=[N-])C(F)(F)F)cc2)C(=O)N(C)C(CC(C)C)C(=O)N(C)C(CC(C)C)C(=O)N(C)C(C(C)C)C(=O)N1C. The molecule has 586 valence electrons. The molecule has 30 heteroatoms. The zero-order chi connectivity index (χ0) is 79.9. The van der Waals surface area contributed by atoms with E-state index >= 15 is 19.2 Å². The normalized spacial score (nSPS) is 24.1. The van der Waals surface area contributed by atoms with Crippen LogP contribution >= 0.6 is 0 Å². The number of carbonyl (C=O) groups excluding carboxylic acids is 12. The molecule has 1 aromatic carbocycles. The van der Waals surface area contributed by atoms with Gasteiger partial charge in [-0.1, -0.05) is 109 Å². The van der Waals surface area contributed by atoms with Gasteiger partial charge in [0.1, 0.15) is 60.4 Å². The molecular formula is C74H121F3N14O13. The van der Waals surface area contributed by atoms with Crippen LogP contribution in [0.1, 0.15) is 184 Å². The lowest BCUT2D eigenvalue weighted by Gasteiger charge is -2.41. The third-order valence-electron chi connectivity index (χ3n) is 19.0. The number of nitrogens with one attached hydrogen (secondary N) is 5. The quantitative estimate of drug-likeness (QED) is 0.0278. The second-order valence-corrected chi connectivity index (χ2v) is 30.2. The van der Waals surface area contributed by atoms with Gasteiger partial charge >= 0.3 is 11.9 Å². The van der Waals surface area contributed by atoms with Crippen molar-refractivity contribution in [3.63, 3.8) is 0 Å². The fraction of sp³-hybridized carbons (Fsp3) is 0.716. The van der Waals surface area contributed by atoms with Gasteiger partial charge in [-0.3, -0.25) is 57.5 Å². The third kappa shape index (κ3) is 26.1. The predicted molar refractivity (Wildman–Crippen MR) is 389 cm³/mol. The number of benzene rings is 1. The third-order valence-corrected chi connectivity index (χ3v) is 19.0. The Bertz CT molecular complexity index is 3190. The number of alkyl halides is 3. The highest BCUT2D eigenvalue weighted by atomic mass is 19.4. The fourth-order valence-corrected chi connectivity index (χ4v) is 12.6. The molecular weight excluding hydrogens is 1350 g/mol. The van der Waals surface area contributed by atoms with Crippen LogP contribution in [0.2, 0.25) is 0 Å². The van der Waals surface area contributed by atoms with Crippen molar-refractivity contribution in [3.05, 3.63) is 53.1 Å². The average molecular weight is 1470 g/mol. The number of likely N-dealkylation sites (N-methyl/N-ethyl adjacent to an activating group) is 7.